The van der Waals surface area contributed by atoms with Gasteiger partial charge in [-0.15, -0.1) is 0 Å². The molecule has 4 amide bonds. The third-order valence-electron chi connectivity index (χ3n) is 9.18. The van der Waals surface area contributed by atoms with Gasteiger partial charge in [0.1, 0.15) is 5.78 Å². The van der Waals surface area contributed by atoms with E-state index in [-0.39, 0.29) is 71.0 Å². The van der Waals surface area contributed by atoms with Gasteiger partial charge < -0.3 is 0 Å². The van der Waals surface area contributed by atoms with E-state index in [1.54, 1.807) is 4.90 Å². The van der Waals surface area contributed by atoms with Gasteiger partial charge in [0.2, 0.25) is 23.6 Å². The van der Waals surface area contributed by atoms with E-state index in [4.69, 9.17) is 0 Å². The highest BCUT2D eigenvalue weighted by molar-refractivity contribution is 6.06. The van der Waals surface area contributed by atoms with Crippen molar-refractivity contribution in [2.45, 2.75) is 77.2 Å². The molecular weight excluding hydrogens is 408 g/mol. The molecule has 0 aromatic carbocycles. The van der Waals surface area contributed by atoms with E-state index < -0.39 is 0 Å². The second-order valence-corrected chi connectivity index (χ2v) is 11.1. The van der Waals surface area contributed by atoms with E-state index in [1.807, 2.05) is 0 Å². The first-order valence-electron chi connectivity index (χ1n) is 12.5. The number of nitrogens with zero attached hydrogens (tertiary/aromatic N) is 2. The van der Waals surface area contributed by atoms with Gasteiger partial charge in [-0.1, -0.05) is 19.8 Å². The third-order valence-corrected chi connectivity index (χ3v) is 9.18. The van der Waals surface area contributed by atoms with Crippen LogP contribution in [0.3, 0.4) is 0 Å². The molecule has 5 fully saturated rings. The fraction of sp³-hybridized carbons (Fsp3) is 0.800. The molecular formula is C25H34N2O5. The Morgan fingerprint density at radius 1 is 0.688 bits per heavy atom. The van der Waals surface area contributed by atoms with Gasteiger partial charge in [-0.2, -0.15) is 0 Å². The van der Waals surface area contributed by atoms with Crippen molar-refractivity contribution in [1.82, 2.24) is 9.80 Å². The van der Waals surface area contributed by atoms with E-state index >= 15 is 0 Å². The summed E-state index contributed by atoms with van der Waals surface area (Å²) in [5.41, 5.74) is 0. The number of carbonyl (C=O) groups excluding carboxylic acids is 5. The molecule has 5 aliphatic rings. The zero-order valence-electron chi connectivity index (χ0n) is 19.1. The molecule has 2 heterocycles. The summed E-state index contributed by atoms with van der Waals surface area (Å²) in [7, 11) is 1.53. The molecule has 7 nitrogen and oxygen atoms in total. The number of hydrogen-bond acceptors (Lipinski definition) is 5. The summed E-state index contributed by atoms with van der Waals surface area (Å²) in [6.07, 6.45) is 7.38. The van der Waals surface area contributed by atoms with Gasteiger partial charge in [-0.05, 0) is 57.3 Å². The molecule has 0 aromatic rings. The largest absolute Gasteiger partial charge is 0.299 e. The highest BCUT2D eigenvalue weighted by Crippen LogP contribution is 2.46. The van der Waals surface area contributed by atoms with E-state index in [1.165, 1.54) is 11.9 Å². The Morgan fingerprint density at radius 2 is 1.22 bits per heavy atom. The number of ketones is 1. The molecule has 0 spiro atoms. The van der Waals surface area contributed by atoms with E-state index in [9.17, 15) is 24.0 Å². The van der Waals surface area contributed by atoms with Crippen LogP contribution >= 0.6 is 0 Å². The molecule has 5 rings (SSSR count). The van der Waals surface area contributed by atoms with Crippen molar-refractivity contribution >= 4 is 29.4 Å². The SMILES string of the molecule is CC1CCCC(N2C(=O)C3CCC(C(=O)C4CCC5C(=O)N(C)C(=O)C5C4)CC3C2=O)C1. The van der Waals surface area contributed by atoms with Gasteiger partial charge in [0.05, 0.1) is 23.7 Å². The highest BCUT2D eigenvalue weighted by Gasteiger charge is 2.54. The lowest BCUT2D eigenvalue weighted by molar-refractivity contribution is -0.144. The van der Waals surface area contributed by atoms with Gasteiger partial charge in [-0.3, -0.25) is 33.8 Å². The summed E-state index contributed by atoms with van der Waals surface area (Å²) in [6, 6.07) is 0.0247. The number of hydrogen-bond donors (Lipinski definition) is 0. The monoisotopic (exact) mass is 442 g/mol. The molecule has 8 atom stereocenters. The topological polar surface area (TPSA) is 91.8 Å². The smallest absolute Gasteiger partial charge is 0.233 e. The number of likely N-dealkylation sites (tertiary alicyclic amines) is 2. The summed E-state index contributed by atoms with van der Waals surface area (Å²) < 4.78 is 0. The maximum absolute atomic E-state index is 13.4. The lowest BCUT2D eigenvalue weighted by Gasteiger charge is -2.33. The second-order valence-electron chi connectivity index (χ2n) is 11.1. The molecule has 0 radical (unpaired) electrons. The van der Waals surface area contributed by atoms with Crippen molar-refractivity contribution in [3.63, 3.8) is 0 Å². The zero-order chi connectivity index (χ0) is 22.7. The number of rotatable bonds is 3. The molecule has 2 aliphatic heterocycles. The fourth-order valence-corrected chi connectivity index (χ4v) is 7.40. The van der Waals surface area contributed by atoms with Gasteiger partial charge in [0.25, 0.3) is 0 Å². The van der Waals surface area contributed by atoms with Crippen LogP contribution in [0.1, 0.15) is 71.1 Å². The lowest BCUT2D eigenvalue weighted by atomic mass is 9.67. The molecule has 7 heteroatoms. The Hall–Kier alpha value is -2.05. The minimum atomic E-state index is -0.370. The van der Waals surface area contributed by atoms with Gasteiger partial charge in [0.15, 0.2) is 0 Å². The number of fused-ring (bicyclic) bond motifs is 2. The van der Waals surface area contributed by atoms with Crippen LogP contribution in [0.4, 0.5) is 0 Å². The first-order chi connectivity index (χ1) is 15.3. The van der Waals surface area contributed by atoms with Crippen molar-refractivity contribution in [2.24, 2.45) is 41.4 Å². The molecule has 0 N–H and O–H groups in total. The van der Waals surface area contributed by atoms with Crippen LogP contribution < -0.4 is 0 Å². The Labute approximate surface area is 189 Å². The van der Waals surface area contributed by atoms with Gasteiger partial charge >= 0.3 is 0 Å². The molecule has 8 unspecified atom stereocenters. The summed E-state index contributed by atoms with van der Waals surface area (Å²) >= 11 is 0. The molecule has 174 valence electrons. The quantitative estimate of drug-likeness (QED) is 0.627. The van der Waals surface area contributed by atoms with E-state index in [2.05, 4.69) is 6.92 Å². The summed E-state index contributed by atoms with van der Waals surface area (Å²) in [4.78, 5) is 67.2. The summed E-state index contributed by atoms with van der Waals surface area (Å²) in [5.74, 6) is -1.36. The Bertz CT molecular complexity index is 868. The van der Waals surface area contributed by atoms with Crippen LogP contribution in [-0.2, 0) is 24.0 Å². The third kappa shape index (κ3) is 3.34. The number of carbonyl (C=O) groups is 5. The zero-order valence-corrected chi connectivity index (χ0v) is 19.1. The van der Waals surface area contributed by atoms with Crippen LogP contribution in [0.25, 0.3) is 0 Å². The van der Waals surface area contributed by atoms with Crippen LogP contribution in [0.2, 0.25) is 0 Å². The Kier molecular flexibility index (Phi) is 5.49. The molecule has 3 aliphatic carbocycles. The summed E-state index contributed by atoms with van der Waals surface area (Å²) in [5, 5.41) is 0. The maximum Gasteiger partial charge on any atom is 0.233 e. The number of imide groups is 2. The van der Waals surface area contributed by atoms with Gasteiger partial charge in [0, 0.05) is 24.9 Å². The normalized spacial score (nSPS) is 42.3. The molecule has 0 bridgehead atoms. The Balaban J connectivity index is 1.25. The molecule has 0 aromatic heterocycles. The first-order valence-corrected chi connectivity index (χ1v) is 12.5. The van der Waals surface area contributed by atoms with Gasteiger partial charge in [-0.25, -0.2) is 0 Å². The van der Waals surface area contributed by atoms with Crippen molar-refractivity contribution in [3.8, 4) is 0 Å². The van der Waals surface area contributed by atoms with Crippen molar-refractivity contribution in [2.75, 3.05) is 7.05 Å². The summed E-state index contributed by atoms with van der Waals surface area (Å²) in [6.45, 7) is 2.19. The minimum absolute atomic E-state index is 0.0105. The molecule has 3 saturated carbocycles. The molecule has 2 saturated heterocycles. The minimum Gasteiger partial charge on any atom is -0.299 e. The van der Waals surface area contributed by atoms with Crippen LogP contribution in [-0.4, -0.2) is 52.3 Å². The predicted molar refractivity (Wildman–Crippen MR) is 115 cm³/mol. The van der Waals surface area contributed by atoms with Crippen molar-refractivity contribution < 1.29 is 24.0 Å². The van der Waals surface area contributed by atoms with E-state index in [0.29, 0.717) is 44.4 Å². The van der Waals surface area contributed by atoms with Crippen LogP contribution in [0, 0.1) is 41.4 Å². The van der Waals surface area contributed by atoms with Crippen LogP contribution in [0.15, 0.2) is 0 Å². The second kappa shape index (κ2) is 8.07. The lowest BCUT2D eigenvalue weighted by Crippen LogP contribution is -2.43. The fourth-order valence-electron chi connectivity index (χ4n) is 7.40. The average Bonchev–Trinajstić information content (AvgIpc) is 3.17. The van der Waals surface area contributed by atoms with Crippen molar-refractivity contribution in [1.29, 1.82) is 0 Å². The molecule has 32 heavy (non-hydrogen) atoms. The maximum atomic E-state index is 13.4. The highest BCUT2D eigenvalue weighted by atomic mass is 16.2. The van der Waals surface area contributed by atoms with Crippen molar-refractivity contribution in [3.05, 3.63) is 0 Å². The van der Waals surface area contributed by atoms with E-state index in [0.717, 1.165) is 25.7 Å². The predicted octanol–water partition coefficient (Wildman–Crippen LogP) is 2.57. The first kappa shape index (κ1) is 21.8. The average molecular weight is 443 g/mol. The van der Waals surface area contributed by atoms with Crippen LogP contribution in [0.5, 0.6) is 0 Å². The standard InChI is InChI=1S/C25H34N2O5/c1-13-4-3-5-16(10-13)27-24(31)18-9-7-15(12-20(18)25(27)32)21(28)14-6-8-17-19(11-14)23(30)26(2)22(17)29/h13-20H,3-12H2,1-2H3. The number of amides is 4. The number of Topliss-reactive ketones (excluding diaryl/α,β-unsaturated/α-hetero) is 1. The Morgan fingerprint density at radius 3 is 1.84 bits per heavy atom.